The molecule has 20 nitrogen and oxygen atoms in total. The maximum absolute atomic E-state index is 12.3. The molecule has 0 saturated carbocycles. The van der Waals surface area contributed by atoms with Crippen molar-refractivity contribution in [2.24, 2.45) is 0 Å². The van der Waals surface area contributed by atoms with Gasteiger partial charge >= 0.3 is 12.7 Å². The standard InChI is InChI=1S/C20H18F3N7O3S.C16H10ClF3N6O2S.C4H9NO/c1-12-25-17(27-30(12)11-15-10-24-19(34-15)29-6-8-31-9-7-29)18-26-16(28-33-18)13-2-4-14(5-3-13)32-20(21,22)23;1-8-22-13(24-26(8)7-11-6-21-15(17)29-11)14-23-12(25-28-14)9-2-4-10(5-3-9)27-16(18,19)20;1-3-6-4-2-5-1/h2-5,10H,6-9,11H2,1H3;2-6H,7H2,1H3;5H,1-4H2. The largest absolute Gasteiger partial charge is 0.573 e. The Balaban J connectivity index is 0.000000167. The number of anilines is 1. The molecule has 8 heterocycles. The van der Waals surface area contributed by atoms with Gasteiger partial charge in [0.2, 0.25) is 23.3 Å². The van der Waals surface area contributed by atoms with Crippen molar-refractivity contribution in [3.63, 3.8) is 0 Å². The van der Waals surface area contributed by atoms with Crippen molar-refractivity contribution >= 4 is 39.4 Å². The number of aryl methyl sites for hydroxylation is 2. The zero-order chi connectivity index (χ0) is 48.5. The van der Waals surface area contributed by atoms with Gasteiger partial charge in [-0.3, -0.25) is 0 Å². The first kappa shape index (κ1) is 48.9. The Hall–Kier alpha value is -6.59. The fraction of sp³-hybridized carbons (Fsp3) is 0.350. The highest BCUT2D eigenvalue weighted by Crippen LogP contribution is 2.29. The van der Waals surface area contributed by atoms with E-state index in [9.17, 15) is 26.3 Å². The van der Waals surface area contributed by atoms with Gasteiger partial charge in [0.15, 0.2) is 9.60 Å². The van der Waals surface area contributed by atoms with Crippen molar-refractivity contribution in [2.45, 2.75) is 39.7 Å². The van der Waals surface area contributed by atoms with Crippen LogP contribution in [-0.2, 0) is 22.6 Å². The van der Waals surface area contributed by atoms with Crippen LogP contribution < -0.4 is 19.7 Å². The number of nitrogens with zero attached hydrogens (tertiary/aromatic N) is 13. The number of morpholine rings is 2. The third-order valence-corrected chi connectivity index (χ3v) is 11.6. The molecule has 0 amide bonds. The van der Waals surface area contributed by atoms with E-state index >= 15 is 0 Å². The molecule has 0 atom stereocenters. The molecule has 0 spiro atoms. The second kappa shape index (κ2) is 21.8. The highest BCUT2D eigenvalue weighted by atomic mass is 35.5. The fourth-order valence-corrected chi connectivity index (χ4v) is 8.14. The van der Waals surface area contributed by atoms with Crippen LogP contribution in [0.3, 0.4) is 0 Å². The van der Waals surface area contributed by atoms with Crippen LogP contribution in [0.5, 0.6) is 11.5 Å². The van der Waals surface area contributed by atoms with Crippen molar-refractivity contribution in [2.75, 3.05) is 57.5 Å². The Kier molecular flexibility index (Phi) is 15.4. The summed E-state index contributed by atoms with van der Waals surface area (Å²) in [6.45, 7) is 11.4. The van der Waals surface area contributed by atoms with Gasteiger partial charge in [-0.2, -0.15) is 9.97 Å². The molecule has 364 valence electrons. The van der Waals surface area contributed by atoms with Crippen molar-refractivity contribution < 1.29 is 54.3 Å². The van der Waals surface area contributed by atoms with Crippen LogP contribution in [0.1, 0.15) is 21.4 Å². The molecule has 1 N–H and O–H groups in total. The molecule has 2 fully saturated rings. The van der Waals surface area contributed by atoms with Crippen molar-refractivity contribution in [1.82, 2.24) is 65.1 Å². The van der Waals surface area contributed by atoms with Gasteiger partial charge in [0.1, 0.15) is 23.1 Å². The van der Waals surface area contributed by atoms with E-state index < -0.39 is 12.7 Å². The number of benzene rings is 2. The Bertz CT molecular complexity index is 2880. The summed E-state index contributed by atoms with van der Waals surface area (Å²) in [6.07, 6.45) is -6.03. The van der Waals surface area contributed by atoms with Crippen LogP contribution in [0.2, 0.25) is 4.47 Å². The summed E-state index contributed by atoms with van der Waals surface area (Å²) in [7, 11) is 0. The smallest absolute Gasteiger partial charge is 0.406 e. The monoisotopic (exact) mass is 1020 g/mol. The van der Waals surface area contributed by atoms with E-state index in [0.717, 1.165) is 66.4 Å². The average Bonchev–Trinajstić information content (AvgIpc) is 4.20. The van der Waals surface area contributed by atoms with Crippen LogP contribution in [0, 0.1) is 13.8 Å². The van der Waals surface area contributed by atoms with Crippen LogP contribution >= 0.6 is 34.3 Å². The van der Waals surface area contributed by atoms with Gasteiger partial charge < -0.3 is 38.2 Å². The van der Waals surface area contributed by atoms with Gasteiger partial charge in [0, 0.05) is 59.5 Å². The van der Waals surface area contributed by atoms with E-state index in [-0.39, 0.29) is 46.6 Å². The zero-order valence-electron chi connectivity index (χ0n) is 36.1. The average molecular weight is 1020 g/mol. The molecule has 10 rings (SSSR count). The minimum atomic E-state index is -4.76. The fourth-order valence-electron chi connectivity index (χ4n) is 6.23. The number of rotatable bonds is 11. The Labute approximate surface area is 399 Å². The first-order valence-electron chi connectivity index (χ1n) is 20.5. The van der Waals surface area contributed by atoms with Gasteiger partial charge in [0.05, 0.1) is 39.5 Å². The predicted octanol–water partition coefficient (Wildman–Crippen LogP) is 7.51. The molecule has 2 aromatic carbocycles. The van der Waals surface area contributed by atoms with Crippen molar-refractivity contribution in [1.29, 1.82) is 0 Å². The van der Waals surface area contributed by atoms with Crippen LogP contribution in [0.4, 0.5) is 31.5 Å². The van der Waals surface area contributed by atoms with Crippen molar-refractivity contribution in [3.05, 3.63) is 86.8 Å². The molecule has 69 heavy (non-hydrogen) atoms. The Morgan fingerprint density at radius 2 is 1.09 bits per heavy atom. The summed E-state index contributed by atoms with van der Waals surface area (Å²) in [5.41, 5.74) is 0.908. The minimum Gasteiger partial charge on any atom is -0.406 e. The number of hydrogen-bond acceptors (Lipinski definition) is 20. The lowest BCUT2D eigenvalue weighted by molar-refractivity contribution is -0.275. The normalized spacial score (nSPS) is 14.2. The SMILES string of the molecule is C1COCCN1.Cc1nc(-c2nc(-c3ccc(OC(F)(F)F)cc3)no2)nn1Cc1cnc(Cl)s1.Cc1nc(-c2nc(-c3ccc(OC(F)(F)F)cc3)no2)nn1Cc1cnc(N2CCOCC2)s1. The van der Waals surface area contributed by atoms with E-state index in [0.29, 0.717) is 53.5 Å². The number of alkyl halides is 6. The van der Waals surface area contributed by atoms with E-state index in [2.05, 4.69) is 70.1 Å². The van der Waals surface area contributed by atoms with E-state index in [1.165, 1.54) is 47.7 Å². The van der Waals surface area contributed by atoms with Gasteiger partial charge in [-0.15, -0.1) is 47.9 Å². The first-order valence-corrected chi connectivity index (χ1v) is 22.5. The summed E-state index contributed by atoms with van der Waals surface area (Å²) in [5.74, 6) is 1.65. The molecule has 29 heteroatoms. The van der Waals surface area contributed by atoms with E-state index in [1.54, 1.807) is 33.8 Å². The summed E-state index contributed by atoms with van der Waals surface area (Å²) in [4.78, 5) is 29.8. The lowest BCUT2D eigenvalue weighted by Gasteiger charge is -2.25. The quantitative estimate of drug-likeness (QED) is 0.124. The topological polar surface area (TPSA) is 217 Å². The third kappa shape index (κ3) is 13.8. The predicted molar refractivity (Wildman–Crippen MR) is 235 cm³/mol. The van der Waals surface area contributed by atoms with Crippen LogP contribution in [0.15, 0.2) is 70.0 Å². The molecular weight excluding hydrogens is 986 g/mol. The lowest BCUT2D eigenvalue weighted by Crippen LogP contribution is -2.36. The second-order valence-electron chi connectivity index (χ2n) is 14.4. The molecule has 2 aliphatic rings. The summed E-state index contributed by atoms with van der Waals surface area (Å²) >= 11 is 8.76. The van der Waals surface area contributed by atoms with Gasteiger partial charge in [0.25, 0.3) is 11.8 Å². The molecule has 2 saturated heterocycles. The van der Waals surface area contributed by atoms with Gasteiger partial charge in [-0.05, 0) is 62.4 Å². The summed E-state index contributed by atoms with van der Waals surface area (Å²) < 4.78 is 106. The first-order chi connectivity index (χ1) is 33.1. The highest BCUT2D eigenvalue weighted by Gasteiger charge is 2.32. The number of aromatic nitrogens is 12. The molecule has 8 aromatic rings. The zero-order valence-corrected chi connectivity index (χ0v) is 38.5. The maximum Gasteiger partial charge on any atom is 0.573 e. The van der Waals surface area contributed by atoms with E-state index in [4.69, 9.17) is 30.1 Å². The van der Waals surface area contributed by atoms with E-state index in [1.807, 2.05) is 13.1 Å². The van der Waals surface area contributed by atoms with Crippen LogP contribution in [-0.4, -0.2) is 125 Å². The Morgan fingerprint density at radius 1 is 0.623 bits per heavy atom. The molecule has 2 aliphatic heterocycles. The molecular formula is C40H37ClF6N14O6S2. The van der Waals surface area contributed by atoms with Crippen molar-refractivity contribution in [3.8, 4) is 57.7 Å². The number of halogens is 7. The second-order valence-corrected chi connectivity index (χ2v) is 17.2. The molecule has 0 bridgehead atoms. The van der Waals surface area contributed by atoms with Gasteiger partial charge in [-0.1, -0.05) is 33.3 Å². The Morgan fingerprint density at radius 3 is 1.51 bits per heavy atom. The third-order valence-electron chi connectivity index (χ3n) is 9.45. The molecule has 0 aliphatic carbocycles. The van der Waals surface area contributed by atoms with Gasteiger partial charge in [-0.25, -0.2) is 29.3 Å². The molecule has 0 unspecified atom stereocenters. The number of ether oxygens (including phenoxy) is 4. The maximum atomic E-state index is 12.3. The number of thiazole rings is 2. The number of hydrogen-bond donors (Lipinski definition) is 1. The summed E-state index contributed by atoms with van der Waals surface area (Å²) in [6, 6.07) is 10.3. The lowest BCUT2D eigenvalue weighted by atomic mass is 10.2. The molecule has 6 aromatic heterocycles. The summed E-state index contributed by atoms with van der Waals surface area (Å²) in [5, 5.41) is 20.6. The number of nitrogens with one attached hydrogen (secondary N) is 1. The highest BCUT2D eigenvalue weighted by molar-refractivity contribution is 7.15. The van der Waals surface area contributed by atoms with Crippen LogP contribution in [0.25, 0.3) is 46.2 Å². The molecule has 0 radical (unpaired) electrons. The minimum absolute atomic E-state index is 0.0832.